The zero-order valence-corrected chi connectivity index (χ0v) is 11.6. The Morgan fingerprint density at radius 2 is 2.19 bits per heavy atom. The standard InChI is InChI=1S/C12H14N8O/c1-7-3-10(21)20(6-14-7)5-9-16-11(18-13)8-4-15-19(2)12(8)17-9/h3-4,6H,5,13H2,1-2H3,(H,16,17,18). The second kappa shape index (κ2) is 4.94. The van der Waals surface area contributed by atoms with Crippen LogP contribution >= 0.6 is 0 Å². The predicted molar refractivity (Wildman–Crippen MR) is 76.5 cm³/mol. The first-order valence-electron chi connectivity index (χ1n) is 6.27. The number of anilines is 1. The quantitative estimate of drug-likeness (QED) is 0.495. The number of nitrogens with two attached hydrogens (primary N) is 1. The Kier molecular flexibility index (Phi) is 3.10. The lowest BCUT2D eigenvalue weighted by atomic mass is 10.4. The minimum atomic E-state index is -0.154. The SMILES string of the molecule is Cc1cc(=O)n(Cc2nc(NN)c3cnn(C)c3n2)cn1. The van der Waals surface area contributed by atoms with Crippen LogP contribution in [-0.2, 0) is 13.6 Å². The molecule has 0 amide bonds. The van der Waals surface area contributed by atoms with Gasteiger partial charge in [-0.05, 0) is 6.92 Å². The van der Waals surface area contributed by atoms with Gasteiger partial charge in [0, 0.05) is 18.8 Å². The lowest BCUT2D eigenvalue weighted by Gasteiger charge is -2.07. The average Bonchev–Trinajstić information content (AvgIpc) is 2.83. The minimum Gasteiger partial charge on any atom is -0.308 e. The van der Waals surface area contributed by atoms with Crippen LogP contribution in [0.1, 0.15) is 11.5 Å². The van der Waals surface area contributed by atoms with Crippen LogP contribution in [0.4, 0.5) is 5.82 Å². The van der Waals surface area contributed by atoms with Gasteiger partial charge in [0.1, 0.15) is 0 Å². The Hall–Kier alpha value is -2.81. The van der Waals surface area contributed by atoms with Crippen LogP contribution in [0.3, 0.4) is 0 Å². The van der Waals surface area contributed by atoms with Gasteiger partial charge < -0.3 is 5.43 Å². The molecule has 0 aliphatic heterocycles. The van der Waals surface area contributed by atoms with Crippen molar-refractivity contribution in [2.45, 2.75) is 13.5 Å². The monoisotopic (exact) mass is 286 g/mol. The second-order valence-electron chi connectivity index (χ2n) is 4.63. The van der Waals surface area contributed by atoms with Crippen molar-refractivity contribution < 1.29 is 0 Å². The first kappa shape index (κ1) is 13.2. The number of aryl methyl sites for hydroxylation is 2. The smallest absolute Gasteiger partial charge is 0.253 e. The maximum Gasteiger partial charge on any atom is 0.253 e. The Morgan fingerprint density at radius 1 is 1.38 bits per heavy atom. The molecule has 108 valence electrons. The molecular formula is C12H14N8O. The van der Waals surface area contributed by atoms with Gasteiger partial charge in [-0.2, -0.15) is 5.10 Å². The molecule has 0 saturated carbocycles. The fourth-order valence-corrected chi connectivity index (χ4v) is 2.04. The van der Waals surface area contributed by atoms with Crippen LogP contribution < -0.4 is 16.8 Å². The van der Waals surface area contributed by atoms with Crippen molar-refractivity contribution in [1.82, 2.24) is 29.3 Å². The lowest BCUT2D eigenvalue weighted by molar-refractivity contribution is 0.692. The van der Waals surface area contributed by atoms with Crippen molar-refractivity contribution in [3.63, 3.8) is 0 Å². The van der Waals surface area contributed by atoms with Crippen LogP contribution in [0.25, 0.3) is 11.0 Å². The summed E-state index contributed by atoms with van der Waals surface area (Å²) in [5.41, 5.74) is 3.68. The summed E-state index contributed by atoms with van der Waals surface area (Å²) in [5, 5.41) is 4.84. The highest BCUT2D eigenvalue weighted by Gasteiger charge is 2.11. The fraction of sp³-hybridized carbons (Fsp3) is 0.250. The maximum absolute atomic E-state index is 11.9. The Labute approximate surface area is 119 Å². The molecule has 3 aromatic rings. The molecule has 0 aliphatic rings. The number of hydrogen-bond acceptors (Lipinski definition) is 7. The summed E-state index contributed by atoms with van der Waals surface area (Å²) in [6.07, 6.45) is 3.11. The van der Waals surface area contributed by atoms with Crippen LogP contribution in [0.5, 0.6) is 0 Å². The first-order chi connectivity index (χ1) is 10.1. The third kappa shape index (κ3) is 2.34. The Balaban J connectivity index is 2.08. The first-order valence-corrected chi connectivity index (χ1v) is 6.27. The van der Waals surface area contributed by atoms with Gasteiger partial charge in [-0.1, -0.05) is 0 Å². The largest absolute Gasteiger partial charge is 0.308 e. The molecule has 3 aromatic heterocycles. The normalized spacial score (nSPS) is 11.0. The van der Waals surface area contributed by atoms with E-state index < -0.39 is 0 Å². The van der Waals surface area contributed by atoms with Crippen molar-refractivity contribution in [3.8, 4) is 0 Å². The van der Waals surface area contributed by atoms with Crippen LogP contribution in [0, 0.1) is 6.92 Å². The average molecular weight is 286 g/mol. The van der Waals surface area contributed by atoms with E-state index in [1.54, 1.807) is 24.9 Å². The number of nitrogen functional groups attached to an aromatic ring is 1. The third-order valence-electron chi connectivity index (χ3n) is 3.10. The number of aromatic nitrogens is 6. The molecule has 21 heavy (non-hydrogen) atoms. The minimum absolute atomic E-state index is 0.154. The van der Waals surface area contributed by atoms with Gasteiger partial charge in [0.15, 0.2) is 17.3 Å². The van der Waals surface area contributed by atoms with Gasteiger partial charge in [-0.3, -0.25) is 14.0 Å². The van der Waals surface area contributed by atoms with E-state index in [4.69, 9.17) is 5.84 Å². The second-order valence-corrected chi connectivity index (χ2v) is 4.63. The number of hydrogen-bond donors (Lipinski definition) is 2. The van der Waals surface area contributed by atoms with Crippen molar-refractivity contribution in [1.29, 1.82) is 0 Å². The van der Waals surface area contributed by atoms with Gasteiger partial charge in [0.2, 0.25) is 0 Å². The molecule has 0 aliphatic carbocycles. The molecule has 0 saturated heterocycles. The molecule has 0 fully saturated rings. The van der Waals surface area contributed by atoms with Crippen LogP contribution in [0.15, 0.2) is 23.4 Å². The number of fused-ring (bicyclic) bond motifs is 1. The summed E-state index contributed by atoms with van der Waals surface area (Å²) in [4.78, 5) is 24.7. The molecule has 9 heteroatoms. The van der Waals surface area contributed by atoms with E-state index in [0.29, 0.717) is 23.0 Å². The van der Waals surface area contributed by atoms with Crippen molar-refractivity contribution in [3.05, 3.63) is 40.5 Å². The summed E-state index contributed by atoms with van der Waals surface area (Å²) in [7, 11) is 1.78. The van der Waals surface area contributed by atoms with E-state index >= 15 is 0 Å². The van der Waals surface area contributed by atoms with Gasteiger partial charge >= 0.3 is 0 Å². The molecule has 9 nitrogen and oxygen atoms in total. The zero-order valence-electron chi connectivity index (χ0n) is 11.6. The van der Waals surface area contributed by atoms with Gasteiger partial charge in [-0.15, -0.1) is 0 Å². The predicted octanol–water partition coefficient (Wildman–Crippen LogP) is -0.438. The van der Waals surface area contributed by atoms with Crippen LogP contribution in [0.2, 0.25) is 0 Å². The number of rotatable bonds is 3. The topological polar surface area (TPSA) is 117 Å². The van der Waals surface area contributed by atoms with Crippen molar-refractivity contribution in [2.24, 2.45) is 12.9 Å². The molecule has 0 spiro atoms. The highest BCUT2D eigenvalue weighted by molar-refractivity contribution is 5.86. The third-order valence-corrected chi connectivity index (χ3v) is 3.10. The summed E-state index contributed by atoms with van der Waals surface area (Å²) in [6.45, 7) is 1.97. The van der Waals surface area contributed by atoms with Gasteiger partial charge in [0.25, 0.3) is 5.56 Å². The van der Waals surface area contributed by atoms with Crippen molar-refractivity contribution >= 4 is 16.9 Å². The van der Waals surface area contributed by atoms with Crippen LogP contribution in [-0.4, -0.2) is 29.3 Å². The molecule has 3 rings (SSSR count). The number of nitrogens with zero attached hydrogens (tertiary/aromatic N) is 6. The zero-order chi connectivity index (χ0) is 15.0. The molecule has 0 unspecified atom stereocenters. The van der Waals surface area contributed by atoms with E-state index in [1.165, 1.54) is 17.0 Å². The number of nitrogens with one attached hydrogen (secondary N) is 1. The summed E-state index contributed by atoms with van der Waals surface area (Å²) in [6, 6.07) is 1.46. The molecule has 0 atom stereocenters. The van der Waals surface area contributed by atoms with E-state index in [-0.39, 0.29) is 12.1 Å². The lowest BCUT2D eigenvalue weighted by Crippen LogP contribution is -2.22. The Morgan fingerprint density at radius 3 is 2.90 bits per heavy atom. The fourth-order valence-electron chi connectivity index (χ4n) is 2.04. The molecular weight excluding hydrogens is 272 g/mol. The van der Waals surface area contributed by atoms with E-state index in [9.17, 15) is 4.79 Å². The highest BCUT2D eigenvalue weighted by Crippen LogP contribution is 2.18. The maximum atomic E-state index is 11.9. The molecule has 3 heterocycles. The van der Waals surface area contributed by atoms with E-state index in [1.807, 2.05) is 0 Å². The highest BCUT2D eigenvalue weighted by atomic mass is 16.1. The summed E-state index contributed by atoms with van der Waals surface area (Å²) >= 11 is 0. The summed E-state index contributed by atoms with van der Waals surface area (Å²) in [5.74, 6) is 6.40. The van der Waals surface area contributed by atoms with Gasteiger partial charge in [-0.25, -0.2) is 20.8 Å². The van der Waals surface area contributed by atoms with Crippen molar-refractivity contribution in [2.75, 3.05) is 5.43 Å². The Bertz CT molecular complexity index is 865. The molecule has 3 N–H and O–H groups in total. The number of hydrazine groups is 1. The van der Waals surface area contributed by atoms with E-state index in [2.05, 4.69) is 25.5 Å². The molecule has 0 bridgehead atoms. The molecule has 0 radical (unpaired) electrons. The summed E-state index contributed by atoms with van der Waals surface area (Å²) < 4.78 is 3.06. The van der Waals surface area contributed by atoms with Gasteiger partial charge in [0.05, 0.1) is 24.5 Å². The van der Waals surface area contributed by atoms with E-state index in [0.717, 1.165) is 5.39 Å². The molecule has 0 aromatic carbocycles.